The molecule has 1 aliphatic heterocycles. The molecule has 0 amide bonds. The van der Waals surface area contributed by atoms with E-state index in [-0.39, 0.29) is 29.0 Å². The van der Waals surface area contributed by atoms with E-state index >= 15 is 0 Å². The summed E-state index contributed by atoms with van der Waals surface area (Å²) in [5.41, 5.74) is 2.69. The summed E-state index contributed by atoms with van der Waals surface area (Å²) in [5.74, 6) is 4.65. The van der Waals surface area contributed by atoms with Gasteiger partial charge in [0, 0.05) is 29.0 Å². The fourth-order valence-electron chi connectivity index (χ4n) is 1.31. The molecule has 116 valence electrons. The van der Waals surface area contributed by atoms with Crippen molar-refractivity contribution in [2.45, 2.75) is 0 Å². The summed E-state index contributed by atoms with van der Waals surface area (Å²) in [7, 11) is -0.357. The smallest absolute Gasteiger partial charge is 0 e. The Morgan fingerprint density at radius 1 is 0.652 bits per heavy atom. The van der Waals surface area contributed by atoms with Gasteiger partial charge in [-0.05, 0) is 23.3 Å². The van der Waals surface area contributed by atoms with E-state index in [0.717, 1.165) is 0 Å². The molecular weight excluding hydrogens is 487 g/mol. The van der Waals surface area contributed by atoms with Crippen LogP contribution in [0, 0.1) is 33.3 Å². The summed E-state index contributed by atoms with van der Waals surface area (Å²) in [5, 5.41) is 0. The van der Waals surface area contributed by atoms with Gasteiger partial charge in [0.05, 0.1) is 18.3 Å². The van der Waals surface area contributed by atoms with Crippen molar-refractivity contribution >= 4 is 20.1 Å². The summed E-state index contributed by atoms with van der Waals surface area (Å²) in [6, 6.07) is 8.50. The number of rotatable bonds is 0. The summed E-state index contributed by atoms with van der Waals surface area (Å²) >= 11 is 0. The third kappa shape index (κ3) is 18.5. The molecule has 0 unspecified atom stereocenters. The van der Waals surface area contributed by atoms with Crippen LogP contribution in [0.15, 0.2) is 35.9 Å². The normalized spacial score (nSPS) is 8.65. The van der Waals surface area contributed by atoms with E-state index in [2.05, 4.69) is 88.0 Å². The average Bonchev–Trinajstić information content (AvgIpc) is 2.86. The van der Waals surface area contributed by atoms with Crippen molar-refractivity contribution in [3.8, 4) is 0 Å². The van der Waals surface area contributed by atoms with E-state index in [1.54, 1.807) is 0 Å². The van der Waals surface area contributed by atoms with Gasteiger partial charge in [-0.25, -0.2) is 0 Å². The topological polar surface area (TPSA) is 99.5 Å². The van der Waals surface area contributed by atoms with E-state index in [9.17, 15) is 0 Å². The van der Waals surface area contributed by atoms with Crippen LogP contribution in [0.5, 0.6) is 0 Å². The Balaban J connectivity index is -0.0000000852. The first-order valence-electron chi connectivity index (χ1n) is 5.17. The van der Waals surface area contributed by atoms with Crippen molar-refractivity contribution in [3.63, 3.8) is 0 Å². The van der Waals surface area contributed by atoms with Crippen LogP contribution in [0.1, 0.15) is 11.1 Å². The molecule has 0 spiro atoms. The van der Waals surface area contributed by atoms with Gasteiger partial charge in [0.2, 0.25) is 0 Å². The van der Waals surface area contributed by atoms with Crippen molar-refractivity contribution in [3.05, 3.63) is 80.3 Å². The molecule has 1 aromatic carbocycles. The van der Waals surface area contributed by atoms with E-state index in [1.807, 2.05) is 0 Å². The molecule has 0 aliphatic carbocycles. The van der Waals surface area contributed by atoms with Crippen molar-refractivity contribution in [1.82, 2.24) is 0 Å². The number of hydrogen-bond donors (Lipinski definition) is 0. The second kappa shape index (κ2) is 32.5. The van der Waals surface area contributed by atoms with Crippen LogP contribution in [-0.4, -0.2) is 6.66 Å². The predicted molar refractivity (Wildman–Crippen MR) is 78.4 cm³/mol. The summed E-state index contributed by atoms with van der Waals surface area (Å²) < 4.78 is 37.5. The first-order valence-corrected chi connectivity index (χ1v) is 7.32. The molecule has 5 nitrogen and oxygen atoms in total. The third-order valence-electron chi connectivity index (χ3n) is 2.05. The summed E-state index contributed by atoms with van der Waals surface area (Å²) in [6.45, 7) is 24.8. The van der Waals surface area contributed by atoms with Gasteiger partial charge < -0.3 is 0 Å². The maximum atomic E-state index is 7.50. The zero-order valence-corrected chi connectivity index (χ0v) is 16.0. The fourth-order valence-corrected chi connectivity index (χ4v) is 2.31. The molecule has 0 atom stereocenters. The van der Waals surface area contributed by atoms with Crippen LogP contribution < -0.4 is 0 Å². The molecule has 1 heterocycles. The first kappa shape index (κ1) is 33.2. The minimum Gasteiger partial charge on any atom is 0 e. The van der Waals surface area contributed by atoms with Gasteiger partial charge >= 0.3 is 56.5 Å². The van der Waals surface area contributed by atoms with E-state index in [1.165, 1.54) is 11.1 Å². The molecule has 0 N–H and O–H groups in total. The van der Waals surface area contributed by atoms with Crippen LogP contribution in [0.2, 0.25) is 0 Å². The quantitative estimate of drug-likeness (QED) is 0.298. The van der Waals surface area contributed by atoms with Crippen molar-refractivity contribution < 1.29 is 44.3 Å². The van der Waals surface area contributed by atoms with Crippen LogP contribution in [0.25, 0.3) is 12.2 Å². The molecule has 1 aliphatic rings. The Bertz CT molecular complexity index is 474. The summed E-state index contributed by atoms with van der Waals surface area (Å²) in [4.78, 5) is 0. The molecule has 1 aromatic rings. The zero-order chi connectivity index (χ0) is 18.4. The minimum atomic E-state index is -0.357. The van der Waals surface area contributed by atoms with Crippen LogP contribution in [0.4, 0.5) is 0 Å². The van der Waals surface area contributed by atoms with Gasteiger partial charge in [0.15, 0.2) is 0 Å². The molecule has 7 heteroatoms. The van der Waals surface area contributed by atoms with Crippen molar-refractivity contribution in [1.29, 1.82) is 0 Å². The predicted octanol–water partition coefficient (Wildman–Crippen LogP) is 3.30. The van der Waals surface area contributed by atoms with Gasteiger partial charge in [-0.2, -0.15) is 0 Å². The maximum Gasteiger partial charge on any atom is 0 e. The molecule has 0 saturated carbocycles. The second-order valence-electron chi connectivity index (χ2n) is 3.04. The number of fused-ring (bicyclic) bond motifs is 1. The molecule has 0 bridgehead atoms. The standard InChI is InChI=1S/C11H11P.5CO.W/c1-12-8-6-10-4-2-3-5-11(10)7-9-12;5*1-2;/h2-9H,1H3;;;;;;/p+1. The van der Waals surface area contributed by atoms with E-state index in [4.69, 9.17) is 23.3 Å². The van der Waals surface area contributed by atoms with Gasteiger partial charge in [-0.15, -0.1) is 0 Å². The summed E-state index contributed by atoms with van der Waals surface area (Å²) in [6.07, 6.45) is 4.48. The second-order valence-corrected chi connectivity index (χ2v) is 5.19. The minimum absolute atomic E-state index is 0. The molecule has 0 saturated heterocycles. The Morgan fingerprint density at radius 2 is 0.913 bits per heavy atom. The van der Waals surface area contributed by atoms with Crippen molar-refractivity contribution in [2.24, 2.45) is 0 Å². The monoisotopic (exact) mass is 499 g/mol. The zero-order valence-electron chi connectivity index (χ0n) is 12.1. The average molecular weight is 499 g/mol. The van der Waals surface area contributed by atoms with Crippen LogP contribution >= 0.6 is 7.92 Å². The largest absolute Gasteiger partial charge is 0 e. The Morgan fingerprint density at radius 3 is 1.17 bits per heavy atom. The molecule has 0 aromatic heterocycles. The van der Waals surface area contributed by atoms with Crippen LogP contribution in [0.3, 0.4) is 0 Å². The maximum absolute atomic E-state index is 7.50. The van der Waals surface area contributed by atoms with Gasteiger partial charge in [-0.3, -0.25) is 0 Å². The molecule has 0 fully saturated rings. The van der Waals surface area contributed by atoms with E-state index < -0.39 is 0 Å². The first-order chi connectivity index (χ1) is 10.9. The van der Waals surface area contributed by atoms with Crippen LogP contribution in [-0.2, 0) is 44.3 Å². The number of benzene rings is 1. The third-order valence-corrected chi connectivity index (χ3v) is 3.43. The number of hydrogen-bond acceptors (Lipinski definition) is 0. The van der Waals surface area contributed by atoms with Gasteiger partial charge in [-0.1, -0.05) is 24.3 Å². The molecular formula is C16H12O5PW+. The molecule has 2 rings (SSSR count). The Labute approximate surface area is 151 Å². The van der Waals surface area contributed by atoms with Gasteiger partial charge in [0.1, 0.15) is 0 Å². The molecule has 23 heavy (non-hydrogen) atoms. The Hall–Kier alpha value is -1.48. The van der Waals surface area contributed by atoms with Gasteiger partial charge in [0.25, 0.3) is 0 Å². The molecule has 0 radical (unpaired) electrons. The van der Waals surface area contributed by atoms with Crippen molar-refractivity contribution in [2.75, 3.05) is 6.66 Å². The van der Waals surface area contributed by atoms with E-state index in [0.29, 0.717) is 0 Å². The fraction of sp³-hybridized carbons (Fsp3) is 0.0625. The Kier molecular flexibility index (Phi) is 46.9. The SMILES string of the molecule is C[PH+]1C=Cc2ccccc2C=C1.[C-]#[O+].[C-]#[O+].[C-]#[O+].[C-]#[O+].[C-]#[O+].[W].